The van der Waals surface area contributed by atoms with E-state index in [0.717, 1.165) is 20.9 Å². The molecule has 137 heavy (non-hydrogen) atoms. The fraction of sp³-hybridized carbons (Fsp3) is 0.279. The average molecular weight is 2040 g/mol. The summed E-state index contributed by atoms with van der Waals surface area (Å²) in [6.07, 6.45) is 19.9. The van der Waals surface area contributed by atoms with E-state index in [1.165, 1.54) is 157 Å². The van der Waals surface area contributed by atoms with Crippen LogP contribution in [0.3, 0.4) is 0 Å². The quantitative estimate of drug-likeness (QED) is 0.00539. The Labute approximate surface area is 929 Å². The number of benzene rings is 4. The average Bonchev–Trinajstić information content (AvgIpc) is 1.50. The minimum absolute atomic E-state index is 0. The molecule has 11 rings (SSSR count). The Bertz CT molecular complexity index is 5810. The molecule has 0 unspecified atom stereocenters. The van der Waals surface area contributed by atoms with E-state index < -0.39 is 73.4 Å². The molecule has 0 aliphatic carbocycles. The van der Waals surface area contributed by atoms with Gasteiger partial charge in [0.05, 0.1) is 82.7 Å². The van der Waals surface area contributed by atoms with E-state index in [2.05, 4.69) is 105 Å². The van der Waals surface area contributed by atoms with Crippen LogP contribution in [0.1, 0.15) is 59.3 Å². The zero-order valence-electron chi connectivity index (χ0n) is 77.3. The number of hydrogen-bond donors (Lipinski definition) is 6. The number of aromatic nitrogens is 10. The summed E-state index contributed by atoms with van der Waals surface area (Å²) in [6, 6.07) is 20.5. The molecule has 0 saturated carbocycles. The van der Waals surface area contributed by atoms with Crippen LogP contribution in [0.25, 0.3) is 11.2 Å². The number of aromatic amines is 1. The number of nitro groups is 3. The minimum atomic E-state index is -0.900. The van der Waals surface area contributed by atoms with E-state index >= 15 is 0 Å². The first-order valence-corrected chi connectivity index (χ1v) is 72.7. The molecule has 2 aliphatic heterocycles. The van der Waals surface area contributed by atoms with Crippen LogP contribution in [-0.2, 0) is 39.7 Å². The number of nitrogens with zero attached hydrogens (tertiary/aromatic N) is 14. The number of halogens is 1. The van der Waals surface area contributed by atoms with Gasteiger partial charge in [-0.3, -0.25) is 50.0 Å². The predicted molar refractivity (Wildman–Crippen MR) is 516 cm³/mol. The number of imidazole rings is 1. The Hall–Kier alpha value is -9.13. The van der Waals surface area contributed by atoms with E-state index in [9.17, 15) is 49.5 Å². The molecular formula is C86H100ClK5N20O25. The first-order chi connectivity index (χ1) is 64.7. The number of hydrogen-bond acceptors (Lipinski definition) is 37. The van der Waals surface area contributed by atoms with Gasteiger partial charge in [0.15, 0.2) is 57.5 Å². The topological polar surface area (TPSA) is 583 Å². The van der Waals surface area contributed by atoms with Crippen LogP contribution >= 0.6 is 11.6 Å². The molecule has 0 saturated heterocycles. The van der Waals surface area contributed by atoms with Crippen molar-refractivity contribution in [2.75, 3.05) is 139 Å². The van der Waals surface area contributed by atoms with Crippen LogP contribution < -0.4 is 152 Å². The third-order valence-corrected chi connectivity index (χ3v) is 16.4. The van der Waals surface area contributed by atoms with Gasteiger partial charge in [0.25, 0.3) is 0 Å². The van der Waals surface area contributed by atoms with Crippen LogP contribution in [0.5, 0.6) is 70.0 Å². The number of ether oxygens (including phenoxy) is 15. The molecule has 0 spiro atoms. The van der Waals surface area contributed by atoms with Gasteiger partial charge < -0.3 is 100 Å². The third-order valence-electron chi connectivity index (χ3n) is 16.1. The second-order valence-electron chi connectivity index (χ2n) is 24.7. The van der Waals surface area contributed by atoms with E-state index in [1.807, 2.05) is 36.4 Å². The summed E-state index contributed by atoms with van der Waals surface area (Å²) in [5, 5.41) is 36.4. The SMILES string of the molecule is C.C.C#CC#CC#C.C=CCOc1cc(CCl)ccc1OC.C=CCOc1nc(N)c([N+](=O)[O-])c(N(Cc2ccc(OC)c(OCC=C)c2)C(=O)OCC)n1.C=CCOc1nc(N)c([N+](=O)[O-])c(NC(=O)OCC)n1.CCOC(=O)N1Cc2ccc(OC)c(c2)OC/C=C\COc2nc(N)c([N+](=O)[O-])c1n2.COc1ccc2cc1OC/C=C\COc1nc(N)c3[nH]c(=O)n(c3n1)C2.[H-].[K+].[K][K].[K][K]. The zero-order chi connectivity index (χ0) is 99.2. The Morgan fingerprint density at radius 1 is 0.562 bits per heavy atom. The van der Waals surface area contributed by atoms with Gasteiger partial charge in [0.1, 0.15) is 58.4 Å². The first kappa shape index (κ1) is 126. The molecule has 706 valence electrons. The number of alkyl halides is 1. The summed E-state index contributed by atoms with van der Waals surface area (Å²) in [5.41, 5.74) is 24.5. The number of carbonyl (C=O) groups excluding carboxylic acids is 3. The Balaban J connectivity index is 0.00000168. The fourth-order valence-corrected chi connectivity index (χ4v) is 10.7. The van der Waals surface area contributed by atoms with E-state index in [4.69, 9.17) is 114 Å². The van der Waals surface area contributed by atoms with Crippen molar-refractivity contribution in [2.24, 2.45) is 0 Å². The molecule has 0 radical (unpaired) electrons. The Kier molecular flexibility index (Phi) is 64.8. The molecule has 7 heterocycles. The van der Waals surface area contributed by atoms with Crippen molar-refractivity contribution in [3.05, 3.63) is 211 Å². The summed E-state index contributed by atoms with van der Waals surface area (Å²) in [7, 11) is 6.17. The van der Waals surface area contributed by atoms with Gasteiger partial charge in [-0.05, 0) is 140 Å². The van der Waals surface area contributed by atoms with E-state index in [1.54, 1.807) is 108 Å². The molecule has 2 aliphatic rings. The van der Waals surface area contributed by atoms with Gasteiger partial charge in [-0.2, -0.15) is 39.9 Å². The second-order valence-corrected chi connectivity index (χ2v) is 25.0. The molecular weight excluding hydrogens is 1940 g/mol. The summed E-state index contributed by atoms with van der Waals surface area (Å²) < 4.78 is 81.0. The number of fused-ring (bicyclic) bond motifs is 7. The Morgan fingerprint density at radius 3 is 1.46 bits per heavy atom. The summed E-state index contributed by atoms with van der Waals surface area (Å²) >= 11 is 10.7. The van der Waals surface area contributed by atoms with Crippen LogP contribution in [-0.4, -0.2) is 310 Å². The van der Waals surface area contributed by atoms with Crippen molar-refractivity contribution < 1.29 is 153 Å². The predicted octanol–water partition coefficient (Wildman–Crippen LogP) is 8.04. The van der Waals surface area contributed by atoms with Crippen molar-refractivity contribution in [3.8, 4) is 107 Å². The molecule has 8 bridgehead atoms. The van der Waals surface area contributed by atoms with Gasteiger partial charge in [0, 0.05) is 5.88 Å². The van der Waals surface area contributed by atoms with Crippen LogP contribution in [0.4, 0.5) is 72.2 Å². The van der Waals surface area contributed by atoms with E-state index in [0.29, 0.717) is 87.4 Å². The molecule has 3 amide bonds. The Morgan fingerprint density at radius 2 is 0.993 bits per heavy atom. The van der Waals surface area contributed by atoms with Crippen LogP contribution in [0.15, 0.2) is 153 Å². The number of nitrogens with two attached hydrogens (primary N) is 4. The number of amides is 3. The zero-order valence-corrected chi connectivity index (χ0v) is 92.7. The molecule has 45 nitrogen and oxygen atoms in total. The molecule has 0 atom stereocenters. The number of carbonyl (C=O) groups is 3. The molecule has 9 aromatic rings. The van der Waals surface area contributed by atoms with Crippen molar-refractivity contribution >= 4 is 225 Å². The maximum absolute atomic E-state index is 12.8. The monoisotopic (exact) mass is 2040 g/mol. The first-order valence-electron chi connectivity index (χ1n) is 40.1. The number of terminal acetylenes is 2. The number of nitrogens with one attached hydrogen (secondary N) is 2. The van der Waals surface area contributed by atoms with E-state index in [-0.39, 0.29) is 194 Å². The molecule has 51 heteroatoms. The molecule has 0 fully saturated rings. The molecule has 4 aromatic carbocycles. The summed E-state index contributed by atoms with van der Waals surface area (Å²) in [4.78, 5) is 117. The summed E-state index contributed by atoms with van der Waals surface area (Å²) in [5.74, 6) is 11.2. The van der Waals surface area contributed by atoms with Crippen molar-refractivity contribution in [2.45, 2.75) is 61.1 Å². The maximum atomic E-state index is 12.8. The molecule has 10 N–H and O–H groups in total. The fourth-order valence-electron chi connectivity index (χ4n) is 10.6. The van der Waals surface area contributed by atoms with Crippen LogP contribution in [0.2, 0.25) is 0 Å². The summed E-state index contributed by atoms with van der Waals surface area (Å²) in [6.45, 7) is 20.8. The van der Waals surface area contributed by atoms with Crippen LogP contribution in [0, 0.1) is 66.9 Å². The standard InChI is InChI=1S/C21H25N5O7.C19H21N5O7.C17H17N5O4.C11H13ClO2.C10H13N5O5.C6H2.2CH4.5K.H/c1-5-10-32-16-12-14(8-9-15(16)30-4)13-25(21(27)31-7-3)19-17(26(28)29)18(22)23-20(24-19)33-11-6-2;1-3-29-19(25)23-11-12-6-7-13(28-2)14(10-12)30-8-4-5-9-31-18-21-16(20)15(24(26)27)17(23)22-18;1-24-11-5-4-10-8-12(11)25-6-2-3-7-26-16-20-14(18)13-15(21-16)22(9-10)17(23)19-13;1-3-6-14-11-7-9(8-12)4-5-10(11)13-2;1-3-5-20-9-12-7(11)6(15(17)18)8(13-9)14-10(16)19-4-2;1-3-5-6-4-2;;;;;;;;/h5-6,8-9,12H,1-2,7,10-11,13H2,3-4H3,(H2,22,23,24);4-7,10H,3,8-9,11H2,1-2H3,(H2,20,21,22);2-5,8H,6-7,9H2,1H3,(H,19,23)(H2,18,20,21);3-5,7H,1,6,8H2,2H3;3H,1,4-5H2,2H3,(H3,11,12,13,14,16);1-2H;2*1H4;;;;;;/q;;;;;;;;;;;;+1;-1/b;5-4-;3-2-;;;;;;;;;;;. The van der Waals surface area contributed by atoms with Crippen molar-refractivity contribution in [1.82, 2.24) is 49.4 Å². The van der Waals surface area contributed by atoms with Gasteiger partial charge in [-0.1, -0.05) is 89.7 Å². The van der Waals surface area contributed by atoms with Crippen molar-refractivity contribution in [3.63, 3.8) is 0 Å². The third kappa shape index (κ3) is 41.3. The number of H-pyrrole nitrogens is 1. The number of anilines is 7. The second kappa shape index (κ2) is 70.5. The molecule has 5 aromatic heterocycles. The van der Waals surface area contributed by atoms with Gasteiger partial charge in [-0.25, -0.2) is 19.2 Å². The number of methoxy groups -OCH3 is 4. The van der Waals surface area contributed by atoms with Gasteiger partial charge in [0.2, 0.25) is 34.9 Å². The number of rotatable bonds is 27. The van der Waals surface area contributed by atoms with Gasteiger partial charge in [-0.15, -0.1) is 24.4 Å². The normalized spacial score (nSPS) is 11.2. The van der Waals surface area contributed by atoms with Gasteiger partial charge >= 0.3 is 243 Å². The van der Waals surface area contributed by atoms with Crippen molar-refractivity contribution in [1.29, 1.82) is 0 Å². The number of nitrogen functional groups attached to an aromatic ring is 4.